The van der Waals surface area contributed by atoms with Gasteiger partial charge in [0.2, 0.25) is 11.8 Å². The SMILES string of the molecule is CCc1ccc(N2CC(C(=O)Nc3ccccc3N3CCN(C)CC3)CC2=O)cc1. The smallest absolute Gasteiger partial charge is 0.229 e. The van der Waals surface area contributed by atoms with Crippen molar-refractivity contribution in [3.05, 3.63) is 54.1 Å². The van der Waals surface area contributed by atoms with Crippen molar-refractivity contribution in [2.45, 2.75) is 19.8 Å². The van der Waals surface area contributed by atoms with Crippen molar-refractivity contribution in [2.75, 3.05) is 54.9 Å². The third kappa shape index (κ3) is 4.33. The summed E-state index contributed by atoms with van der Waals surface area (Å²) in [5.41, 5.74) is 3.98. The lowest BCUT2D eigenvalue weighted by atomic mass is 10.1. The first-order valence-electron chi connectivity index (χ1n) is 10.8. The fraction of sp³-hybridized carbons (Fsp3) is 0.417. The molecule has 0 saturated carbocycles. The van der Waals surface area contributed by atoms with E-state index in [0.717, 1.165) is 49.7 Å². The van der Waals surface area contributed by atoms with Crippen molar-refractivity contribution in [3.8, 4) is 0 Å². The molecule has 30 heavy (non-hydrogen) atoms. The third-order valence-electron chi connectivity index (χ3n) is 6.16. The van der Waals surface area contributed by atoms with E-state index in [1.54, 1.807) is 4.90 Å². The third-order valence-corrected chi connectivity index (χ3v) is 6.16. The number of aryl methyl sites for hydroxylation is 1. The molecule has 1 N–H and O–H groups in total. The van der Waals surface area contributed by atoms with Crippen LogP contribution in [0.25, 0.3) is 0 Å². The summed E-state index contributed by atoms with van der Waals surface area (Å²) in [6.07, 6.45) is 1.21. The Bertz CT molecular complexity index is 904. The molecule has 158 valence electrons. The van der Waals surface area contributed by atoms with Gasteiger partial charge in [-0.25, -0.2) is 0 Å². The lowest BCUT2D eigenvalue weighted by Gasteiger charge is -2.35. The summed E-state index contributed by atoms with van der Waals surface area (Å²) < 4.78 is 0. The molecule has 2 aromatic rings. The molecule has 0 aromatic heterocycles. The van der Waals surface area contributed by atoms with Gasteiger partial charge >= 0.3 is 0 Å². The number of hydrogen-bond donors (Lipinski definition) is 1. The monoisotopic (exact) mass is 406 g/mol. The van der Waals surface area contributed by atoms with Gasteiger partial charge in [-0.1, -0.05) is 31.2 Å². The molecule has 2 saturated heterocycles. The highest BCUT2D eigenvalue weighted by Gasteiger charge is 2.35. The van der Waals surface area contributed by atoms with Crippen molar-refractivity contribution in [3.63, 3.8) is 0 Å². The number of carbonyl (C=O) groups excluding carboxylic acids is 2. The van der Waals surface area contributed by atoms with Gasteiger partial charge in [-0.15, -0.1) is 0 Å². The molecule has 0 radical (unpaired) electrons. The Morgan fingerprint density at radius 1 is 1.03 bits per heavy atom. The molecular formula is C24H30N4O2. The minimum atomic E-state index is -0.344. The zero-order valence-electron chi connectivity index (χ0n) is 17.8. The predicted molar refractivity (Wildman–Crippen MR) is 121 cm³/mol. The summed E-state index contributed by atoms with van der Waals surface area (Å²) in [5, 5.41) is 3.10. The van der Waals surface area contributed by atoms with E-state index in [1.165, 1.54) is 5.56 Å². The Hall–Kier alpha value is -2.86. The maximum atomic E-state index is 13.0. The average Bonchev–Trinajstić information content (AvgIpc) is 3.17. The van der Waals surface area contributed by atoms with Crippen LogP contribution < -0.4 is 15.1 Å². The van der Waals surface area contributed by atoms with Crippen molar-refractivity contribution in [1.29, 1.82) is 0 Å². The molecule has 0 aliphatic carbocycles. The molecule has 0 spiro atoms. The molecular weight excluding hydrogens is 376 g/mol. The number of hydrogen-bond acceptors (Lipinski definition) is 4. The second kappa shape index (κ2) is 8.88. The summed E-state index contributed by atoms with van der Waals surface area (Å²) in [6, 6.07) is 16.0. The normalized spacial score (nSPS) is 19.9. The molecule has 2 aliphatic heterocycles. The van der Waals surface area contributed by atoms with Gasteiger partial charge in [0.15, 0.2) is 0 Å². The first kappa shape index (κ1) is 20.4. The van der Waals surface area contributed by atoms with Crippen LogP contribution in [0.3, 0.4) is 0 Å². The molecule has 1 atom stereocenters. The number of piperazine rings is 1. The predicted octanol–water partition coefficient (Wildman–Crippen LogP) is 2.99. The van der Waals surface area contributed by atoms with Gasteiger partial charge in [-0.3, -0.25) is 9.59 Å². The molecule has 2 fully saturated rings. The molecule has 4 rings (SSSR count). The quantitative estimate of drug-likeness (QED) is 0.829. The first-order valence-corrected chi connectivity index (χ1v) is 10.8. The Kier molecular flexibility index (Phi) is 6.04. The summed E-state index contributed by atoms with van der Waals surface area (Å²) in [5.74, 6) is -0.423. The number of nitrogens with one attached hydrogen (secondary N) is 1. The van der Waals surface area contributed by atoms with E-state index >= 15 is 0 Å². The molecule has 6 heteroatoms. The number of nitrogens with zero attached hydrogens (tertiary/aromatic N) is 3. The van der Waals surface area contributed by atoms with Crippen molar-refractivity contribution in [1.82, 2.24) is 4.90 Å². The van der Waals surface area contributed by atoms with Crippen molar-refractivity contribution < 1.29 is 9.59 Å². The standard InChI is InChI=1S/C24H30N4O2/c1-3-18-8-10-20(11-9-18)28-17-19(16-23(28)29)24(30)25-21-6-4-5-7-22(21)27-14-12-26(2)13-15-27/h4-11,19H,3,12-17H2,1-2H3,(H,25,30). The number of carbonyl (C=O) groups is 2. The number of rotatable bonds is 5. The highest BCUT2D eigenvalue weighted by Crippen LogP contribution is 2.30. The number of likely N-dealkylation sites (N-methyl/N-ethyl adjacent to an activating group) is 1. The van der Waals surface area contributed by atoms with Crippen LogP contribution in [0, 0.1) is 5.92 Å². The maximum absolute atomic E-state index is 13.0. The maximum Gasteiger partial charge on any atom is 0.229 e. The highest BCUT2D eigenvalue weighted by molar-refractivity contribution is 6.04. The number of para-hydroxylation sites is 2. The van der Waals surface area contributed by atoms with Crippen LogP contribution in [0.1, 0.15) is 18.9 Å². The molecule has 2 aromatic carbocycles. The zero-order chi connectivity index (χ0) is 21.1. The largest absolute Gasteiger partial charge is 0.367 e. The van der Waals surface area contributed by atoms with E-state index in [4.69, 9.17) is 0 Å². The number of anilines is 3. The lowest BCUT2D eigenvalue weighted by Crippen LogP contribution is -2.44. The lowest BCUT2D eigenvalue weighted by molar-refractivity contribution is -0.122. The highest BCUT2D eigenvalue weighted by atomic mass is 16.2. The van der Waals surface area contributed by atoms with E-state index < -0.39 is 0 Å². The fourth-order valence-corrected chi connectivity index (χ4v) is 4.18. The zero-order valence-corrected chi connectivity index (χ0v) is 17.8. The summed E-state index contributed by atoms with van der Waals surface area (Å²) in [7, 11) is 2.13. The molecule has 2 heterocycles. The Morgan fingerprint density at radius 3 is 2.43 bits per heavy atom. The van der Waals surface area contributed by atoms with Crippen LogP contribution in [0.5, 0.6) is 0 Å². The van der Waals surface area contributed by atoms with E-state index in [9.17, 15) is 9.59 Å². The van der Waals surface area contributed by atoms with Gasteiger partial charge in [0.1, 0.15) is 0 Å². The molecule has 2 amide bonds. The Balaban J connectivity index is 1.44. The van der Waals surface area contributed by atoms with Crippen LogP contribution >= 0.6 is 0 Å². The number of amides is 2. The Morgan fingerprint density at radius 2 is 1.73 bits per heavy atom. The summed E-state index contributed by atoms with van der Waals surface area (Å²) in [6.45, 7) is 6.42. The van der Waals surface area contributed by atoms with E-state index in [0.29, 0.717) is 6.54 Å². The second-order valence-electron chi connectivity index (χ2n) is 8.22. The molecule has 6 nitrogen and oxygen atoms in total. The minimum Gasteiger partial charge on any atom is -0.367 e. The summed E-state index contributed by atoms with van der Waals surface area (Å²) in [4.78, 5) is 31.9. The molecule has 0 bridgehead atoms. The minimum absolute atomic E-state index is 0.00625. The van der Waals surface area contributed by atoms with Gasteiger partial charge < -0.3 is 20.0 Å². The topological polar surface area (TPSA) is 55.9 Å². The van der Waals surface area contributed by atoms with Crippen LogP contribution in [0.15, 0.2) is 48.5 Å². The summed E-state index contributed by atoms with van der Waals surface area (Å²) >= 11 is 0. The van der Waals surface area contributed by atoms with Crippen LogP contribution in [-0.4, -0.2) is 56.5 Å². The Labute approximate surface area is 178 Å². The first-order chi connectivity index (χ1) is 14.5. The van der Waals surface area contributed by atoms with E-state index in [2.05, 4.69) is 35.2 Å². The van der Waals surface area contributed by atoms with Gasteiger partial charge in [0.05, 0.1) is 17.3 Å². The van der Waals surface area contributed by atoms with Gasteiger partial charge in [0.25, 0.3) is 0 Å². The second-order valence-corrected chi connectivity index (χ2v) is 8.22. The number of benzene rings is 2. The van der Waals surface area contributed by atoms with Crippen molar-refractivity contribution >= 4 is 28.9 Å². The van der Waals surface area contributed by atoms with Crippen LogP contribution in [-0.2, 0) is 16.0 Å². The van der Waals surface area contributed by atoms with Crippen LogP contribution in [0.4, 0.5) is 17.1 Å². The average molecular weight is 407 g/mol. The van der Waals surface area contributed by atoms with E-state index in [-0.39, 0.29) is 24.2 Å². The van der Waals surface area contributed by atoms with Gasteiger partial charge in [-0.05, 0) is 43.3 Å². The van der Waals surface area contributed by atoms with Gasteiger partial charge in [-0.2, -0.15) is 0 Å². The molecule has 2 aliphatic rings. The fourth-order valence-electron chi connectivity index (χ4n) is 4.18. The van der Waals surface area contributed by atoms with Gasteiger partial charge in [0, 0.05) is 44.8 Å². The van der Waals surface area contributed by atoms with E-state index in [1.807, 2.05) is 42.5 Å². The molecule has 1 unspecified atom stereocenters. The van der Waals surface area contributed by atoms with Crippen LogP contribution in [0.2, 0.25) is 0 Å². The van der Waals surface area contributed by atoms with Crippen molar-refractivity contribution in [2.24, 2.45) is 5.92 Å².